The Hall–Kier alpha value is -2.04. The Morgan fingerprint density at radius 3 is 2.14 bits per heavy atom. The molecule has 21 heavy (non-hydrogen) atoms. The van der Waals surface area contributed by atoms with Crippen LogP contribution in [0, 0.1) is 6.92 Å². The molecule has 0 radical (unpaired) electrons. The van der Waals surface area contributed by atoms with Crippen LogP contribution in [0.3, 0.4) is 0 Å². The number of sulfonamides is 1. The highest BCUT2D eigenvalue weighted by Gasteiger charge is 2.17. The van der Waals surface area contributed by atoms with Gasteiger partial charge >= 0.3 is 0 Å². The topological polar surface area (TPSA) is 164 Å². The molecule has 0 spiro atoms. The van der Waals surface area contributed by atoms with Gasteiger partial charge in [-0.1, -0.05) is 0 Å². The average molecular weight is 326 g/mol. The van der Waals surface area contributed by atoms with Gasteiger partial charge in [0.1, 0.15) is 11.6 Å². The van der Waals surface area contributed by atoms with Crippen molar-refractivity contribution in [1.82, 2.24) is 9.97 Å². The van der Waals surface area contributed by atoms with Gasteiger partial charge in [-0.05, 0) is 36.4 Å². The molecule has 0 unspecified atom stereocenters. The Bertz CT molecular complexity index is 786. The summed E-state index contributed by atoms with van der Waals surface area (Å²) in [5.74, 6) is 0.441. The summed E-state index contributed by atoms with van der Waals surface area (Å²) >= 11 is 1.10. The first kappa shape index (κ1) is 15.4. The number of hydrogen-bond donors (Lipinski definition) is 4. The molecule has 1 heterocycles. The Morgan fingerprint density at radius 1 is 1.05 bits per heavy atom. The minimum atomic E-state index is -3.87. The summed E-state index contributed by atoms with van der Waals surface area (Å²) in [6.07, 6.45) is 0. The molecule has 0 bridgehead atoms. The van der Waals surface area contributed by atoms with E-state index in [0.29, 0.717) is 15.6 Å². The lowest BCUT2D eigenvalue weighted by atomic mass is 10.2. The maximum Gasteiger partial charge on any atom is 0.238 e. The van der Waals surface area contributed by atoms with Crippen LogP contribution in [-0.2, 0) is 10.0 Å². The normalized spacial score (nSPS) is 11.5. The SMILES string of the molecule is Cc1c(Sc2nc(N)cc(N)n2)cc(N)cc1S(N)(=O)=O. The third kappa shape index (κ3) is 3.54. The zero-order chi connectivity index (χ0) is 15.8. The van der Waals surface area contributed by atoms with E-state index in [9.17, 15) is 8.42 Å². The van der Waals surface area contributed by atoms with Gasteiger partial charge in [-0.2, -0.15) is 0 Å². The number of benzene rings is 1. The summed E-state index contributed by atoms with van der Waals surface area (Å²) in [5, 5.41) is 5.47. The predicted molar refractivity (Wildman–Crippen MR) is 81.9 cm³/mol. The van der Waals surface area contributed by atoms with Crippen LogP contribution in [0.2, 0.25) is 0 Å². The standard InChI is InChI=1S/C11H14N6O2S2/c1-5-7(2-6(12)3-8(5)21(15,18)19)20-11-16-9(13)4-10(14)17-11/h2-4H,12H2,1H3,(H2,15,18,19)(H4,13,14,16,17). The van der Waals surface area contributed by atoms with Gasteiger partial charge in [-0.25, -0.2) is 23.5 Å². The molecule has 8 N–H and O–H groups in total. The molecule has 112 valence electrons. The maximum atomic E-state index is 11.6. The van der Waals surface area contributed by atoms with Crippen LogP contribution in [0.15, 0.2) is 33.1 Å². The lowest BCUT2D eigenvalue weighted by Crippen LogP contribution is -2.14. The predicted octanol–water partition coefficient (Wildman–Crippen LogP) is 0.330. The summed E-state index contributed by atoms with van der Waals surface area (Å²) in [6.45, 7) is 1.62. The molecule has 0 amide bonds. The van der Waals surface area contributed by atoms with Crippen LogP contribution < -0.4 is 22.3 Å². The number of aromatic nitrogens is 2. The fraction of sp³-hybridized carbons (Fsp3) is 0.0909. The molecular weight excluding hydrogens is 312 g/mol. The van der Waals surface area contributed by atoms with Crippen LogP contribution >= 0.6 is 11.8 Å². The number of rotatable bonds is 3. The summed E-state index contributed by atoms with van der Waals surface area (Å²) in [4.78, 5) is 8.56. The van der Waals surface area contributed by atoms with Gasteiger partial charge in [0.05, 0.1) is 4.90 Å². The lowest BCUT2D eigenvalue weighted by Gasteiger charge is -2.11. The first-order valence-electron chi connectivity index (χ1n) is 5.67. The van der Waals surface area contributed by atoms with Crippen molar-refractivity contribution in [2.45, 2.75) is 21.9 Å². The molecule has 1 aromatic carbocycles. The smallest absolute Gasteiger partial charge is 0.238 e. The number of nitrogen functional groups attached to an aromatic ring is 3. The Kier molecular flexibility index (Phi) is 3.94. The van der Waals surface area contributed by atoms with E-state index in [1.165, 1.54) is 12.1 Å². The molecule has 10 heteroatoms. The van der Waals surface area contributed by atoms with Crippen molar-refractivity contribution in [3.05, 3.63) is 23.8 Å². The maximum absolute atomic E-state index is 11.6. The molecule has 0 aliphatic rings. The van der Waals surface area contributed by atoms with Gasteiger partial charge in [-0.15, -0.1) is 0 Å². The second-order valence-electron chi connectivity index (χ2n) is 4.29. The highest BCUT2D eigenvalue weighted by Crippen LogP contribution is 2.33. The van der Waals surface area contributed by atoms with Gasteiger partial charge in [-0.3, -0.25) is 0 Å². The zero-order valence-corrected chi connectivity index (χ0v) is 12.7. The van der Waals surface area contributed by atoms with E-state index in [-0.39, 0.29) is 22.2 Å². The second kappa shape index (κ2) is 5.39. The molecule has 0 fully saturated rings. The molecule has 0 aliphatic carbocycles. The highest BCUT2D eigenvalue weighted by atomic mass is 32.2. The van der Waals surface area contributed by atoms with Crippen LogP contribution in [0.25, 0.3) is 0 Å². The Labute approximate surface area is 126 Å². The van der Waals surface area contributed by atoms with E-state index in [0.717, 1.165) is 11.8 Å². The second-order valence-corrected chi connectivity index (χ2v) is 6.83. The molecular formula is C11H14N6O2S2. The van der Waals surface area contributed by atoms with Gasteiger partial charge < -0.3 is 17.2 Å². The van der Waals surface area contributed by atoms with E-state index in [1.807, 2.05) is 0 Å². The van der Waals surface area contributed by atoms with Crippen molar-refractivity contribution in [3.63, 3.8) is 0 Å². The minimum Gasteiger partial charge on any atom is -0.399 e. The number of hydrogen-bond acceptors (Lipinski definition) is 8. The van der Waals surface area contributed by atoms with Crippen LogP contribution in [0.5, 0.6) is 0 Å². The van der Waals surface area contributed by atoms with E-state index >= 15 is 0 Å². The quantitative estimate of drug-likeness (QED) is 0.463. The third-order valence-electron chi connectivity index (χ3n) is 2.59. The molecule has 0 aliphatic heterocycles. The number of nitrogens with zero attached hydrogens (tertiary/aromatic N) is 2. The molecule has 0 saturated carbocycles. The van der Waals surface area contributed by atoms with Crippen molar-refractivity contribution in [3.8, 4) is 0 Å². The van der Waals surface area contributed by atoms with Gasteiger partial charge in [0.15, 0.2) is 5.16 Å². The number of nitrogens with two attached hydrogens (primary N) is 4. The first-order chi connectivity index (χ1) is 9.66. The summed E-state index contributed by atoms with van der Waals surface area (Å²) < 4.78 is 23.1. The van der Waals surface area contributed by atoms with Crippen molar-refractivity contribution in [2.24, 2.45) is 5.14 Å². The summed E-state index contributed by atoms with van der Waals surface area (Å²) in [6, 6.07) is 4.34. The fourth-order valence-electron chi connectivity index (χ4n) is 1.69. The lowest BCUT2D eigenvalue weighted by molar-refractivity contribution is 0.597. The molecule has 0 saturated heterocycles. The average Bonchev–Trinajstić information content (AvgIpc) is 2.30. The zero-order valence-electron chi connectivity index (χ0n) is 11.1. The third-order valence-corrected chi connectivity index (χ3v) is 4.63. The van der Waals surface area contributed by atoms with Crippen molar-refractivity contribution >= 4 is 39.1 Å². The van der Waals surface area contributed by atoms with Crippen LogP contribution in [0.1, 0.15) is 5.56 Å². The van der Waals surface area contributed by atoms with Crippen molar-refractivity contribution in [2.75, 3.05) is 17.2 Å². The van der Waals surface area contributed by atoms with Crippen LogP contribution in [-0.4, -0.2) is 18.4 Å². The molecule has 1 aromatic heterocycles. The Morgan fingerprint density at radius 2 is 1.62 bits per heavy atom. The van der Waals surface area contributed by atoms with Gasteiger partial charge in [0.25, 0.3) is 0 Å². The largest absolute Gasteiger partial charge is 0.399 e. The van der Waals surface area contributed by atoms with Crippen LogP contribution in [0.4, 0.5) is 17.3 Å². The number of anilines is 3. The van der Waals surface area contributed by atoms with E-state index < -0.39 is 10.0 Å². The van der Waals surface area contributed by atoms with Crippen molar-refractivity contribution < 1.29 is 8.42 Å². The summed E-state index contributed by atoms with van der Waals surface area (Å²) in [5.41, 5.74) is 17.6. The molecule has 2 rings (SSSR count). The first-order valence-corrected chi connectivity index (χ1v) is 8.04. The highest BCUT2D eigenvalue weighted by molar-refractivity contribution is 7.99. The van der Waals surface area contributed by atoms with E-state index in [2.05, 4.69) is 9.97 Å². The minimum absolute atomic E-state index is 0.0399. The van der Waals surface area contributed by atoms with E-state index in [4.69, 9.17) is 22.3 Å². The Balaban J connectivity index is 2.52. The molecule has 0 atom stereocenters. The number of primary sulfonamides is 1. The fourth-order valence-corrected chi connectivity index (χ4v) is 3.55. The molecule has 8 nitrogen and oxygen atoms in total. The van der Waals surface area contributed by atoms with E-state index in [1.54, 1.807) is 13.0 Å². The van der Waals surface area contributed by atoms with Gasteiger partial charge in [0.2, 0.25) is 10.0 Å². The molecule has 2 aromatic rings. The van der Waals surface area contributed by atoms with Gasteiger partial charge in [0, 0.05) is 16.6 Å². The van der Waals surface area contributed by atoms with Crippen molar-refractivity contribution in [1.29, 1.82) is 0 Å². The summed E-state index contributed by atoms with van der Waals surface area (Å²) in [7, 11) is -3.87. The monoisotopic (exact) mass is 326 g/mol.